The number of nitrogens with zero attached hydrogens (tertiary/aromatic N) is 1. The maximum Gasteiger partial charge on any atom is 0.117 e. The number of unbranched alkanes of at least 4 members (excludes halogenated alkanes) is 2. The SMILES string of the molecule is CC#CC#CC(P)(P)P=N.CCCCCc1ccc(-c2ccc(-c3ccc(C#N)cc3)cc2)cc1. The average molecular weight is 513 g/mol. The van der Waals surface area contributed by atoms with Gasteiger partial charge in [0.25, 0.3) is 0 Å². The van der Waals surface area contributed by atoms with E-state index in [9.17, 15) is 0 Å². The van der Waals surface area contributed by atoms with Crippen molar-refractivity contribution in [2.75, 3.05) is 0 Å². The lowest BCUT2D eigenvalue weighted by molar-refractivity contribution is 0.717. The van der Waals surface area contributed by atoms with E-state index in [2.05, 4.69) is 104 Å². The topological polar surface area (TPSA) is 47.6 Å². The second kappa shape index (κ2) is 15.3. The normalized spacial score (nSPS) is 10.0. The summed E-state index contributed by atoms with van der Waals surface area (Å²) in [6.45, 7) is 3.98. The molecule has 0 aliphatic heterocycles. The van der Waals surface area contributed by atoms with E-state index in [-0.39, 0.29) is 0 Å². The van der Waals surface area contributed by atoms with Gasteiger partial charge in [0.05, 0.1) is 11.6 Å². The largest absolute Gasteiger partial charge is 0.282 e. The van der Waals surface area contributed by atoms with Crippen molar-refractivity contribution in [1.82, 2.24) is 0 Å². The number of hydrogen-bond acceptors (Lipinski definition) is 2. The molecule has 35 heavy (non-hydrogen) atoms. The summed E-state index contributed by atoms with van der Waals surface area (Å²) >= 11 is 0. The molecule has 0 saturated heterocycles. The molecule has 0 amide bonds. The molecular weight excluding hydrogens is 481 g/mol. The van der Waals surface area contributed by atoms with E-state index in [0.717, 1.165) is 5.56 Å². The zero-order chi connectivity index (χ0) is 25.5. The number of nitrogens with one attached hydrogen (secondary N) is 1. The van der Waals surface area contributed by atoms with Crippen LogP contribution < -0.4 is 0 Å². The quantitative estimate of drug-likeness (QED) is 0.192. The van der Waals surface area contributed by atoms with Gasteiger partial charge in [-0.05, 0) is 71.6 Å². The third-order valence-electron chi connectivity index (χ3n) is 5.22. The molecule has 1 N–H and O–H groups in total. The highest BCUT2D eigenvalue weighted by molar-refractivity contribution is 7.61. The van der Waals surface area contributed by atoms with E-state index >= 15 is 0 Å². The molecule has 0 fully saturated rings. The summed E-state index contributed by atoms with van der Waals surface area (Å²) in [6, 6.07) is 27.4. The van der Waals surface area contributed by atoms with E-state index < -0.39 is 4.64 Å². The van der Waals surface area contributed by atoms with Crippen molar-refractivity contribution in [3.63, 3.8) is 0 Å². The Morgan fingerprint density at radius 3 is 1.71 bits per heavy atom. The molecule has 0 heterocycles. The second-order valence-electron chi connectivity index (χ2n) is 7.98. The minimum atomic E-state index is -0.399. The number of benzene rings is 3. The van der Waals surface area contributed by atoms with Crippen molar-refractivity contribution >= 4 is 26.9 Å². The summed E-state index contributed by atoms with van der Waals surface area (Å²) in [5.74, 6) is 10.7. The highest BCUT2D eigenvalue weighted by Gasteiger charge is 2.09. The molecule has 3 aromatic rings. The van der Waals surface area contributed by atoms with E-state index in [0.29, 0.717) is 13.9 Å². The van der Waals surface area contributed by atoms with E-state index in [1.165, 1.54) is 47.9 Å². The van der Waals surface area contributed by atoms with Crippen LogP contribution in [0.4, 0.5) is 0 Å². The van der Waals surface area contributed by atoms with Crippen LogP contribution in [0.25, 0.3) is 22.3 Å². The van der Waals surface area contributed by atoms with Crippen molar-refractivity contribution in [2.24, 2.45) is 0 Å². The van der Waals surface area contributed by atoms with Crippen molar-refractivity contribution < 1.29 is 0 Å². The molecule has 2 unspecified atom stereocenters. The lowest BCUT2D eigenvalue weighted by Gasteiger charge is -2.07. The van der Waals surface area contributed by atoms with Gasteiger partial charge in [0, 0.05) is 8.37 Å². The highest BCUT2D eigenvalue weighted by Crippen LogP contribution is 2.37. The number of rotatable bonds is 7. The van der Waals surface area contributed by atoms with Crippen LogP contribution >= 0.6 is 26.9 Å². The Morgan fingerprint density at radius 2 is 1.29 bits per heavy atom. The smallest absolute Gasteiger partial charge is 0.117 e. The van der Waals surface area contributed by atoms with Crippen molar-refractivity contribution in [2.45, 2.75) is 44.2 Å². The maximum absolute atomic E-state index is 8.89. The van der Waals surface area contributed by atoms with Crippen LogP contribution in [0.1, 0.15) is 44.2 Å². The molecule has 0 aromatic heterocycles. The zero-order valence-corrected chi connectivity index (χ0v) is 23.5. The molecule has 0 radical (unpaired) electrons. The van der Waals surface area contributed by atoms with Gasteiger partial charge in [-0.3, -0.25) is 5.16 Å². The van der Waals surface area contributed by atoms with Gasteiger partial charge in [-0.1, -0.05) is 92.3 Å². The van der Waals surface area contributed by atoms with Crippen LogP contribution in [-0.4, -0.2) is 4.64 Å². The summed E-state index contributed by atoms with van der Waals surface area (Å²) < 4.78 is -0.399. The summed E-state index contributed by atoms with van der Waals surface area (Å²) in [5.41, 5.74) is 6.91. The Kier molecular flexibility index (Phi) is 12.4. The summed E-state index contributed by atoms with van der Waals surface area (Å²) in [6.07, 6.45) is 5.02. The van der Waals surface area contributed by atoms with Crippen molar-refractivity contribution in [1.29, 1.82) is 10.4 Å². The van der Waals surface area contributed by atoms with Crippen LogP contribution in [0.5, 0.6) is 0 Å². The Hall–Kier alpha value is -2.77. The van der Waals surface area contributed by atoms with Crippen LogP contribution in [0.15, 0.2) is 72.8 Å². The molecule has 0 bridgehead atoms. The van der Waals surface area contributed by atoms with Crippen molar-refractivity contribution in [3.05, 3.63) is 83.9 Å². The van der Waals surface area contributed by atoms with Gasteiger partial charge >= 0.3 is 0 Å². The molecule has 5 heteroatoms. The Bertz CT molecular complexity index is 1250. The lowest BCUT2D eigenvalue weighted by Crippen LogP contribution is -1.92. The fraction of sp³-hybridized carbons (Fsp3) is 0.233. The molecule has 0 saturated carbocycles. The fourth-order valence-corrected chi connectivity index (χ4v) is 3.51. The summed E-state index contributed by atoms with van der Waals surface area (Å²) in [5, 5.41) is 15.9. The Balaban J connectivity index is 0.000000367. The first-order valence-electron chi connectivity index (χ1n) is 11.5. The van der Waals surface area contributed by atoms with Gasteiger partial charge < -0.3 is 0 Å². The maximum atomic E-state index is 8.89. The molecule has 2 atom stereocenters. The second-order valence-corrected chi connectivity index (χ2v) is 12.4. The molecule has 0 aliphatic rings. The molecule has 3 rings (SSSR count). The third-order valence-corrected chi connectivity index (χ3v) is 6.77. The van der Waals surface area contributed by atoms with Gasteiger partial charge in [0.15, 0.2) is 0 Å². The molecular formula is C30H31N2P3. The summed E-state index contributed by atoms with van der Waals surface area (Å²) in [4.78, 5) is 0. The Labute approximate surface area is 217 Å². The predicted molar refractivity (Wildman–Crippen MR) is 158 cm³/mol. The number of hydrogen-bond donors (Lipinski definition) is 1. The van der Waals surface area contributed by atoms with Crippen molar-refractivity contribution in [3.8, 4) is 52.0 Å². The minimum Gasteiger partial charge on any atom is -0.282 e. The average Bonchev–Trinajstić information content (AvgIpc) is 2.90. The Morgan fingerprint density at radius 1 is 0.800 bits per heavy atom. The fourth-order valence-electron chi connectivity index (χ4n) is 3.26. The first-order chi connectivity index (χ1) is 16.9. The standard InChI is InChI=1S/C24H23N.C6H8NP3/c1-2-3-4-5-19-6-10-21(11-7-19)23-14-16-24(17-15-23)22-12-8-20(18-25)9-13-22;1-2-3-4-5-6(8,9)10-7/h6-17H,2-5H2,1H3;7H,8-9H2,1H3. The molecule has 2 nitrogen and oxygen atoms in total. The van der Waals surface area contributed by atoms with Crippen LogP contribution in [-0.2, 0) is 6.42 Å². The number of aryl methyl sites for hydroxylation is 1. The van der Waals surface area contributed by atoms with Gasteiger partial charge in [-0.2, -0.15) is 5.26 Å². The third kappa shape index (κ3) is 10.2. The van der Waals surface area contributed by atoms with E-state index in [4.69, 9.17) is 10.4 Å². The van der Waals surface area contributed by atoms with Crippen LogP contribution in [0, 0.1) is 40.2 Å². The predicted octanol–water partition coefficient (Wildman–Crippen LogP) is 8.75. The monoisotopic (exact) mass is 512 g/mol. The summed E-state index contributed by atoms with van der Waals surface area (Å²) in [7, 11) is 5.44. The van der Waals surface area contributed by atoms with E-state index in [1.54, 1.807) is 6.92 Å². The van der Waals surface area contributed by atoms with Gasteiger partial charge in [0.2, 0.25) is 0 Å². The van der Waals surface area contributed by atoms with Gasteiger partial charge in [0.1, 0.15) is 4.64 Å². The molecule has 0 aliphatic carbocycles. The molecule has 176 valence electrons. The zero-order valence-electron chi connectivity index (χ0n) is 20.3. The van der Waals surface area contributed by atoms with Gasteiger partial charge in [-0.25, -0.2) is 0 Å². The first kappa shape index (κ1) is 28.5. The minimum absolute atomic E-state index is 0.399. The molecule has 0 spiro atoms. The number of nitriles is 1. The lowest BCUT2D eigenvalue weighted by atomic mass is 9.98. The van der Waals surface area contributed by atoms with Gasteiger partial charge in [-0.15, -0.1) is 18.5 Å². The highest BCUT2D eigenvalue weighted by atomic mass is 31.1. The molecule has 3 aromatic carbocycles. The van der Waals surface area contributed by atoms with Crippen LogP contribution in [0.3, 0.4) is 0 Å². The van der Waals surface area contributed by atoms with Crippen LogP contribution in [0.2, 0.25) is 0 Å². The first-order valence-corrected chi connectivity index (χ1v) is 13.6. The van der Waals surface area contributed by atoms with E-state index in [1.807, 2.05) is 24.3 Å².